The van der Waals surface area contributed by atoms with Crippen LogP contribution in [0.1, 0.15) is 19.8 Å². The minimum atomic E-state index is -0.0516. The van der Waals surface area contributed by atoms with E-state index in [1.807, 2.05) is 6.92 Å². The summed E-state index contributed by atoms with van der Waals surface area (Å²) in [7, 11) is 0. The molecule has 0 fully saturated rings. The topological polar surface area (TPSA) is 34.1 Å². The van der Waals surface area contributed by atoms with E-state index in [-0.39, 0.29) is 11.7 Å². The third-order valence-electron chi connectivity index (χ3n) is 2.20. The van der Waals surface area contributed by atoms with Crippen LogP contribution in [0.15, 0.2) is 23.8 Å². The number of Topliss-reactive ketones (excluding diaryl/α,β-unsaturated/α-hetero) is 1. The SMILES string of the molecule is C=C(C)C1CC=C(C=O)C(=O)C1. The van der Waals surface area contributed by atoms with Crippen LogP contribution < -0.4 is 0 Å². The standard InChI is InChI=1S/C10H12O2/c1-7(2)8-3-4-9(6-11)10(12)5-8/h4,6,8H,1,3,5H2,2H3. The molecule has 0 bridgehead atoms. The number of rotatable bonds is 2. The number of carbonyl (C=O) groups is 2. The molecule has 0 spiro atoms. The number of aldehydes is 1. The molecule has 0 saturated heterocycles. The molecule has 0 heterocycles. The molecular weight excluding hydrogens is 152 g/mol. The summed E-state index contributed by atoms with van der Waals surface area (Å²) >= 11 is 0. The van der Waals surface area contributed by atoms with Gasteiger partial charge in [0.05, 0.1) is 5.57 Å². The lowest BCUT2D eigenvalue weighted by Gasteiger charge is -2.18. The normalized spacial score (nSPS) is 23.2. The van der Waals surface area contributed by atoms with Crippen molar-refractivity contribution in [3.8, 4) is 0 Å². The number of ketones is 1. The lowest BCUT2D eigenvalue weighted by atomic mass is 9.85. The highest BCUT2D eigenvalue weighted by atomic mass is 16.1. The quantitative estimate of drug-likeness (QED) is 0.353. The van der Waals surface area contributed by atoms with E-state index in [2.05, 4.69) is 6.58 Å². The molecule has 1 atom stereocenters. The molecule has 64 valence electrons. The zero-order valence-corrected chi connectivity index (χ0v) is 7.17. The number of hydrogen-bond donors (Lipinski definition) is 0. The maximum absolute atomic E-state index is 11.2. The van der Waals surface area contributed by atoms with Crippen LogP contribution in [-0.4, -0.2) is 12.1 Å². The molecule has 1 unspecified atom stereocenters. The minimum absolute atomic E-state index is 0.0516. The van der Waals surface area contributed by atoms with Gasteiger partial charge in [0.2, 0.25) is 0 Å². The van der Waals surface area contributed by atoms with Gasteiger partial charge < -0.3 is 0 Å². The molecule has 0 amide bonds. The van der Waals surface area contributed by atoms with Crippen LogP contribution in [0.5, 0.6) is 0 Å². The summed E-state index contributed by atoms with van der Waals surface area (Å²) in [6.45, 7) is 5.71. The van der Waals surface area contributed by atoms with E-state index in [1.165, 1.54) is 0 Å². The van der Waals surface area contributed by atoms with Gasteiger partial charge in [-0.15, -0.1) is 0 Å². The van der Waals surface area contributed by atoms with Gasteiger partial charge in [0, 0.05) is 6.42 Å². The molecular formula is C10H12O2. The Balaban J connectivity index is 2.76. The van der Waals surface area contributed by atoms with Crippen LogP contribution in [0, 0.1) is 5.92 Å². The van der Waals surface area contributed by atoms with Gasteiger partial charge in [-0.3, -0.25) is 9.59 Å². The van der Waals surface area contributed by atoms with Crippen LogP contribution >= 0.6 is 0 Å². The van der Waals surface area contributed by atoms with Crippen LogP contribution in [-0.2, 0) is 9.59 Å². The Labute approximate surface area is 72.0 Å². The van der Waals surface area contributed by atoms with Gasteiger partial charge in [0.1, 0.15) is 0 Å². The fraction of sp³-hybridized carbons (Fsp3) is 0.400. The lowest BCUT2D eigenvalue weighted by molar-refractivity contribution is -0.118. The summed E-state index contributed by atoms with van der Waals surface area (Å²) in [6, 6.07) is 0. The van der Waals surface area contributed by atoms with E-state index in [0.717, 1.165) is 12.0 Å². The average molecular weight is 164 g/mol. The van der Waals surface area contributed by atoms with Gasteiger partial charge in [-0.2, -0.15) is 0 Å². The van der Waals surface area contributed by atoms with E-state index in [9.17, 15) is 9.59 Å². The molecule has 0 aliphatic heterocycles. The van der Waals surface area contributed by atoms with Crippen LogP contribution in [0.4, 0.5) is 0 Å². The molecule has 1 aliphatic rings. The largest absolute Gasteiger partial charge is 0.298 e. The second-order valence-corrected chi connectivity index (χ2v) is 3.18. The van der Waals surface area contributed by atoms with Crippen molar-refractivity contribution in [1.29, 1.82) is 0 Å². The van der Waals surface area contributed by atoms with Crippen LogP contribution in [0.25, 0.3) is 0 Å². The van der Waals surface area contributed by atoms with E-state index >= 15 is 0 Å². The van der Waals surface area contributed by atoms with Gasteiger partial charge in [0.25, 0.3) is 0 Å². The average Bonchev–Trinajstić information content (AvgIpc) is 2.04. The smallest absolute Gasteiger partial charge is 0.166 e. The fourth-order valence-corrected chi connectivity index (χ4v) is 1.30. The summed E-state index contributed by atoms with van der Waals surface area (Å²) in [5.41, 5.74) is 1.34. The fourth-order valence-electron chi connectivity index (χ4n) is 1.30. The van der Waals surface area contributed by atoms with Crippen molar-refractivity contribution in [2.45, 2.75) is 19.8 Å². The Morgan fingerprint density at radius 1 is 1.75 bits per heavy atom. The molecule has 1 aliphatic carbocycles. The van der Waals surface area contributed by atoms with Crippen molar-refractivity contribution < 1.29 is 9.59 Å². The second kappa shape index (κ2) is 3.48. The monoisotopic (exact) mass is 164 g/mol. The predicted octanol–water partition coefficient (Wildman–Crippen LogP) is 1.67. The van der Waals surface area contributed by atoms with Crippen molar-refractivity contribution >= 4 is 12.1 Å². The second-order valence-electron chi connectivity index (χ2n) is 3.18. The number of allylic oxidation sites excluding steroid dienone is 3. The van der Waals surface area contributed by atoms with Crippen molar-refractivity contribution in [3.05, 3.63) is 23.8 Å². The zero-order valence-electron chi connectivity index (χ0n) is 7.17. The van der Waals surface area contributed by atoms with Crippen LogP contribution in [0.3, 0.4) is 0 Å². The molecule has 2 nitrogen and oxygen atoms in total. The third-order valence-corrected chi connectivity index (χ3v) is 2.20. The van der Waals surface area contributed by atoms with Crippen molar-refractivity contribution in [2.75, 3.05) is 0 Å². The Morgan fingerprint density at radius 2 is 2.42 bits per heavy atom. The maximum Gasteiger partial charge on any atom is 0.166 e. The van der Waals surface area contributed by atoms with Gasteiger partial charge in [-0.25, -0.2) is 0 Å². The van der Waals surface area contributed by atoms with Gasteiger partial charge in [-0.1, -0.05) is 18.2 Å². The zero-order chi connectivity index (χ0) is 9.14. The molecule has 0 saturated carbocycles. The molecule has 1 rings (SSSR count). The first-order valence-electron chi connectivity index (χ1n) is 3.99. The molecule has 0 radical (unpaired) electrons. The molecule has 0 aromatic rings. The third kappa shape index (κ3) is 1.70. The first-order chi connectivity index (χ1) is 5.65. The molecule has 12 heavy (non-hydrogen) atoms. The first-order valence-corrected chi connectivity index (χ1v) is 3.99. The number of carbonyl (C=O) groups excluding carboxylic acids is 2. The lowest BCUT2D eigenvalue weighted by Crippen LogP contribution is -2.16. The summed E-state index contributed by atoms with van der Waals surface area (Å²) < 4.78 is 0. The highest BCUT2D eigenvalue weighted by Crippen LogP contribution is 2.24. The van der Waals surface area contributed by atoms with Gasteiger partial charge in [-0.05, 0) is 19.3 Å². The van der Waals surface area contributed by atoms with Crippen LogP contribution in [0.2, 0.25) is 0 Å². The molecule has 0 aromatic carbocycles. The Kier molecular flexibility index (Phi) is 2.58. The molecule has 0 N–H and O–H groups in total. The minimum Gasteiger partial charge on any atom is -0.298 e. The maximum atomic E-state index is 11.2. The van der Waals surface area contributed by atoms with Gasteiger partial charge in [0.15, 0.2) is 12.1 Å². The summed E-state index contributed by atoms with van der Waals surface area (Å²) in [5, 5.41) is 0. The number of hydrogen-bond acceptors (Lipinski definition) is 2. The van der Waals surface area contributed by atoms with E-state index in [0.29, 0.717) is 18.3 Å². The van der Waals surface area contributed by atoms with E-state index in [4.69, 9.17) is 0 Å². The molecule has 0 aromatic heterocycles. The Hall–Kier alpha value is -1.18. The van der Waals surface area contributed by atoms with E-state index < -0.39 is 0 Å². The summed E-state index contributed by atoms with van der Waals surface area (Å²) in [6.07, 6.45) is 3.56. The van der Waals surface area contributed by atoms with E-state index in [1.54, 1.807) is 6.08 Å². The van der Waals surface area contributed by atoms with Crippen molar-refractivity contribution in [2.24, 2.45) is 5.92 Å². The summed E-state index contributed by atoms with van der Waals surface area (Å²) in [4.78, 5) is 21.5. The predicted molar refractivity (Wildman–Crippen MR) is 46.7 cm³/mol. The van der Waals surface area contributed by atoms with Crippen molar-refractivity contribution in [1.82, 2.24) is 0 Å². The molecule has 2 heteroatoms. The Morgan fingerprint density at radius 3 is 2.83 bits per heavy atom. The highest BCUT2D eigenvalue weighted by Gasteiger charge is 2.21. The van der Waals surface area contributed by atoms with Gasteiger partial charge >= 0.3 is 0 Å². The summed E-state index contributed by atoms with van der Waals surface area (Å²) in [5.74, 6) is 0.186. The Bertz CT molecular complexity index is 261. The first kappa shape index (κ1) is 8.91. The highest BCUT2D eigenvalue weighted by molar-refractivity contribution is 6.12. The van der Waals surface area contributed by atoms with Crippen molar-refractivity contribution in [3.63, 3.8) is 0 Å².